The standard InChI is InChI=1S/C12H15BrN2O2S3/c1-14-7-10-6-11(12(13)19-10)20(16,17)15-4-2-9-3-5-18-8-9/h3,5-6,8,14-15H,2,4,7H2,1H3. The van der Waals surface area contributed by atoms with E-state index < -0.39 is 10.0 Å². The van der Waals surface area contributed by atoms with E-state index in [0.29, 0.717) is 28.2 Å². The molecule has 0 aliphatic heterocycles. The van der Waals surface area contributed by atoms with Crippen LogP contribution in [0.3, 0.4) is 0 Å². The van der Waals surface area contributed by atoms with Crippen LogP contribution >= 0.6 is 38.6 Å². The lowest BCUT2D eigenvalue weighted by atomic mass is 10.2. The molecule has 0 radical (unpaired) electrons. The van der Waals surface area contributed by atoms with Crippen LogP contribution in [0.4, 0.5) is 0 Å². The van der Waals surface area contributed by atoms with Gasteiger partial charge in [-0.3, -0.25) is 0 Å². The van der Waals surface area contributed by atoms with Gasteiger partial charge in [0.05, 0.1) is 3.79 Å². The molecule has 0 aliphatic rings. The normalized spacial score (nSPS) is 11.9. The van der Waals surface area contributed by atoms with Gasteiger partial charge >= 0.3 is 0 Å². The second-order valence-electron chi connectivity index (χ2n) is 4.16. The third kappa shape index (κ3) is 4.12. The highest BCUT2D eigenvalue weighted by atomic mass is 79.9. The van der Waals surface area contributed by atoms with Crippen LogP contribution in [0.25, 0.3) is 0 Å². The summed E-state index contributed by atoms with van der Waals surface area (Å²) in [5.74, 6) is 0. The summed E-state index contributed by atoms with van der Waals surface area (Å²) in [7, 11) is -1.62. The lowest BCUT2D eigenvalue weighted by Gasteiger charge is -2.04. The van der Waals surface area contributed by atoms with Crippen molar-refractivity contribution < 1.29 is 8.42 Å². The fourth-order valence-corrected chi connectivity index (χ4v) is 6.11. The lowest BCUT2D eigenvalue weighted by molar-refractivity contribution is 0.581. The second-order valence-corrected chi connectivity index (χ2v) is 9.13. The fraction of sp³-hybridized carbons (Fsp3) is 0.333. The molecule has 0 unspecified atom stereocenters. The number of thiophene rings is 2. The summed E-state index contributed by atoms with van der Waals surface area (Å²) < 4.78 is 27.8. The molecular formula is C12H15BrN2O2S3. The first-order valence-electron chi connectivity index (χ1n) is 5.96. The SMILES string of the molecule is CNCc1cc(S(=O)(=O)NCCc2ccsc2)c(Br)s1. The zero-order valence-electron chi connectivity index (χ0n) is 10.8. The van der Waals surface area contributed by atoms with Crippen LogP contribution < -0.4 is 10.0 Å². The zero-order chi connectivity index (χ0) is 14.6. The van der Waals surface area contributed by atoms with Crippen LogP contribution in [0.2, 0.25) is 0 Å². The van der Waals surface area contributed by atoms with E-state index in [-0.39, 0.29) is 0 Å². The maximum Gasteiger partial charge on any atom is 0.242 e. The molecule has 0 fully saturated rings. The third-order valence-electron chi connectivity index (χ3n) is 2.63. The highest BCUT2D eigenvalue weighted by Crippen LogP contribution is 2.31. The molecule has 2 N–H and O–H groups in total. The first-order chi connectivity index (χ1) is 9.53. The topological polar surface area (TPSA) is 58.2 Å². The van der Waals surface area contributed by atoms with Crippen molar-refractivity contribution in [1.82, 2.24) is 10.0 Å². The molecule has 0 aromatic carbocycles. The smallest absolute Gasteiger partial charge is 0.242 e. The summed E-state index contributed by atoms with van der Waals surface area (Å²) in [5, 5.41) is 7.03. The van der Waals surface area contributed by atoms with Crippen molar-refractivity contribution in [2.75, 3.05) is 13.6 Å². The Hall–Kier alpha value is -0.250. The van der Waals surface area contributed by atoms with Gasteiger partial charge in [-0.25, -0.2) is 13.1 Å². The lowest BCUT2D eigenvalue weighted by Crippen LogP contribution is -2.25. The molecule has 4 nitrogen and oxygen atoms in total. The van der Waals surface area contributed by atoms with Gasteiger partial charge in [-0.2, -0.15) is 11.3 Å². The van der Waals surface area contributed by atoms with Crippen LogP contribution in [0.1, 0.15) is 10.4 Å². The van der Waals surface area contributed by atoms with E-state index >= 15 is 0 Å². The summed E-state index contributed by atoms with van der Waals surface area (Å²) in [4.78, 5) is 1.30. The number of hydrogen-bond donors (Lipinski definition) is 2. The molecule has 0 spiro atoms. The minimum absolute atomic E-state index is 0.318. The van der Waals surface area contributed by atoms with E-state index in [4.69, 9.17) is 0 Å². The van der Waals surface area contributed by atoms with Gasteiger partial charge in [0.1, 0.15) is 4.90 Å². The quantitative estimate of drug-likeness (QED) is 0.758. The van der Waals surface area contributed by atoms with Crippen molar-refractivity contribution in [2.24, 2.45) is 0 Å². The Kier molecular flexibility index (Phi) is 5.76. The molecule has 2 aromatic rings. The van der Waals surface area contributed by atoms with Gasteiger partial charge in [-0.05, 0) is 57.9 Å². The van der Waals surface area contributed by atoms with Crippen LogP contribution in [0.5, 0.6) is 0 Å². The predicted octanol–water partition coefficient (Wildman–Crippen LogP) is 2.81. The Balaban J connectivity index is 2.02. The van der Waals surface area contributed by atoms with Crippen LogP contribution in [0.15, 0.2) is 31.6 Å². The average Bonchev–Trinajstić information content (AvgIpc) is 2.99. The van der Waals surface area contributed by atoms with E-state index in [0.717, 1.165) is 10.4 Å². The second kappa shape index (κ2) is 7.15. The molecule has 2 aromatic heterocycles. The van der Waals surface area contributed by atoms with Crippen molar-refractivity contribution in [3.05, 3.63) is 37.1 Å². The molecule has 20 heavy (non-hydrogen) atoms. The maximum absolute atomic E-state index is 12.2. The highest BCUT2D eigenvalue weighted by Gasteiger charge is 2.20. The molecule has 110 valence electrons. The largest absolute Gasteiger partial charge is 0.315 e. The summed E-state index contributed by atoms with van der Waals surface area (Å²) in [6.45, 7) is 1.07. The highest BCUT2D eigenvalue weighted by molar-refractivity contribution is 9.11. The molecule has 8 heteroatoms. The van der Waals surface area contributed by atoms with Gasteiger partial charge in [-0.15, -0.1) is 11.3 Å². The minimum atomic E-state index is -3.45. The number of sulfonamides is 1. The number of halogens is 1. The van der Waals surface area contributed by atoms with Gasteiger partial charge in [-0.1, -0.05) is 0 Å². The number of nitrogens with one attached hydrogen (secondary N) is 2. The van der Waals surface area contributed by atoms with E-state index in [9.17, 15) is 8.42 Å². The van der Waals surface area contributed by atoms with Crippen LogP contribution in [-0.4, -0.2) is 22.0 Å². The van der Waals surface area contributed by atoms with Crippen molar-refractivity contribution in [2.45, 2.75) is 17.9 Å². The van der Waals surface area contributed by atoms with Gasteiger partial charge in [0.15, 0.2) is 0 Å². The molecule has 0 saturated heterocycles. The average molecular weight is 395 g/mol. The third-order valence-corrected chi connectivity index (χ3v) is 7.08. The van der Waals surface area contributed by atoms with Crippen LogP contribution in [-0.2, 0) is 23.0 Å². The Morgan fingerprint density at radius 2 is 2.20 bits per heavy atom. The van der Waals surface area contributed by atoms with Gasteiger partial charge < -0.3 is 5.32 Å². The first-order valence-corrected chi connectivity index (χ1v) is 10.00. The molecular weight excluding hydrogens is 380 g/mol. The van der Waals surface area contributed by atoms with E-state index in [1.807, 2.05) is 23.9 Å². The molecule has 2 rings (SSSR count). The molecule has 0 saturated carbocycles. The fourth-order valence-electron chi connectivity index (χ4n) is 1.68. The maximum atomic E-state index is 12.2. The summed E-state index contributed by atoms with van der Waals surface area (Å²) >= 11 is 6.38. The monoisotopic (exact) mass is 394 g/mol. The van der Waals surface area contributed by atoms with E-state index in [1.54, 1.807) is 17.4 Å². The molecule has 0 bridgehead atoms. The summed E-state index contributed by atoms with van der Waals surface area (Å²) in [6.07, 6.45) is 0.702. The number of rotatable bonds is 7. The van der Waals surface area contributed by atoms with Crippen LogP contribution in [0, 0.1) is 0 Å². The van der Waals surface area contributed by atoms with E-state index in [2.05, 4.69) is 26.0 Å². The Labute approximate surface area is 135 Å². The minimum Gasteiger partial charge on any atom is -0.315 e. The van der Waals surface area contributed by atoms with Crippen molar-refractivity contribution in [3.63, 3.8) is 0 Å². The van der Waals surface area contributed by atoms with E-state index in [1.165, 1.54) is 11.3 Å². The Morgan fingerprint density at radius 1 is 1.40 bits per heavy atom. The van der Waals surface area contributed by atoms with Crippen molar-refractivity contribution in [3.8, 4) is 0 Å². The Morgan fingerprint density at radius 3 is 2.85 bits per heavy atom. The van der Waals surface area contributed by atoms with Gasteiger partial charge in [0, 0.05) is 18.0 Å². The molecule has 0 atom stereocenters. The van der Waals surface area contributed by atoms with Gasteiger partial charge in [0.2, 0.25) is 10.0 Å². The molecule has 2 heterocycles. The summed E-state index contributed by atoms with van der Waals surface area (Å²) in [5.41, 5.74) is 1.15. The summed E-state index contributed by atoms with van der Waals surface area (Å²) in [6, 6.07) is 3.71. The van der Waals surface area contributed by atoms with Gasteiger partial charge in [0.25, 0.3) is 0 Å². The predicted molar refractivity (Wildman–Crippen MR) is 88.0 cm³/mol. The first kappa shape index (κ1) is 16.1. The Bertz CT molecular complexity index is 650. The van der Waals surface area contributed by atoms with Crippen molar-refractivity contribution >= 4 is 48.6 Å². The zero-order valence-corrected chi connectivity index (χ0v) is 14.9. The van der Waals surface area contributed by atoms with Crippen molar-refractivity contribution in [1.29, 1.82) is 0 Å². The molecule has 0 aliphatic carbocycles. The molecule has 0 amide bonds. The number of hydrogen-bond acceptors (Lipinski definition) is 5.